The van der Waals surface area contributed by atoms with E-state index in [1.165, 1.54) is 0 Å². The minimum atomic E-state index is -0.726. The van der Waals surface area contributed by atoms with Crippen LogP contribution in [-0.4, -0.2) is 24.5 Å². The number of hydrogen-bond donors (Lipinski definition) is 0. The fourth-order valence-electron chi connectivity index (χ4n) is 1.49. The second kappa shape index (κ2) is 6.79. The summed E-state index contributed by atoms with van der Waals surface area (Å²) in [5, 5.41) is 0. The summed E-state index contributed by atoms with van der Waals surface area (Å²) in [5.74, 6) is -0.0252. The Balaban J connectivity index is 2.84. The summed E-state index contributed by atoms with van der Waals surface area (Å²) in [7, 11) is 0. The monoisotopic (exact) mass is 250 g/mol. The van der Waals surface area contributed by atoms with Crippen molar-refractivity contribution in [2.75, 3.05) is 6.61 Å². The van der Waals surface area contributed by atoms with E-state index in [4.69, 9.17) is 9.47 Å². The number of benzene rings is 1. The number of hydrogen-bond acceptors (Lipinski definition) is 4. The van der Waals surface area contributed by atoms with Gasteiger partial charge in [0.05, 0.1) is 12.2 Å². The zero-order valence-electron chi connectivity index (χ0n) is 10.9. The summed E-state index contributed by atoms with van der Waals surface area (Å²) in [6.07, 6.45) is -0.329. The van der Waals surface area contributed by atoms with E-state index in [-0.39, 0.29) is 5.78 Å². The molecule has 1 unspecified atom stereocenters. The largest absolute Gasteiger partial charge is 0.478 e. The molecular formula is C14H18O4. The van der Waals surface area contributed by atoms with Crippen molar-refractivity contribution in [2.45, 2.75) is 33.3 Å². The maximum atomic E-state index is 11.7. The van der Waals surface area contributed by atoms with Crippen LogP contribution in [0.4, 0.5) is 0 Å². The first-order valence-electron chi connectivity index (χ1n) is 6.05. The molecule has 1 aromatic carbocycles. The van der Waals surface area contributed by atoms with Crippen LogP contribution in [0.25, 0.3) is 0 Å². The van der Waals surface area contributed by atoms with Gasteiger partial charge in [0.25, 0.3) is 0 Å². The molecule has 0 radical (unpaired) electrons. The fraction of sp³-hybridized carbons (Fsp3) is 0.429. The second-order valence-electron chi connectivity index (χ2n) is 3.79. The van der Waals surface area contributed by atoms with Crippen LogP contribution in [0.1, 0.15) is 37.6 Å². The van der Waals surface area contributed by atoms with Crippen LogP contribution in [0.2, 0.25) is 0 Å². The molecule has 0 N–H and O–H groups in total. The summed E-state index contributed by atoms with van der Waals surface area (Å²) in [4.78, 5) is 23.2. The van der Waals surface area contributed by atoms with Crippen LogP contribution in [0.3, 0.4) is 0 Å². The highest BCUT2D eigenvalue weighted by molar-refractivity contribution is 5.98. The zero-order chi connectivity index (χ0) is 13.5. The minimum absolute atomic E-state index is 0.0124. The highest BCUT2D eigenvalue weighted by Crippen LogP contribution is 2.21. The molecule has 1 rings (SSSR count). The van der Waals surface area contributed by atoms with Crippen LogP contribution in [0.15, 0.2) is 24.3 Å². The summed E-state index contributed by atoms with van der Waals surface area (Å²) in [6.45, 7) is 5.43. The van der Waals surface area contributed by atoms with Gasteiger partial charge < -0.3 is 9.47 Å². The lowest BCUT2D eigenvalue weighted by molar-refractivity contribution is -0.150. The van der Waals surface area contributed by atoms with Crippen molar-refractivity contribution in [3.63, 3.8) is 0 Å². The van der Waals surface area contributed by atoms with Crippen molar-refractivity contribution in [1.29, 1.82) is 0 Å². The molecule has 0 saturated carbocycles. The number of carbonyl (C=O) groups is 2. The van der Waals surface area contributed by atoms with Crippen LogP contribution in [0.5, 0.6) is 5.75 Å². The van der Waals surface area contributed by atoms with E-state index in [0.29, 0.717) is 24.3 Å². The third-order valence-corrected chi connectivity index (χ3v) is 2.43. The van der Waals surface area contributed by atoms with Gasteiger partial charge in [-0.05, 0) is 26.0 Å². The predicted octanol–water partition coefficient (Wildman–Crippen LogP) is 2.61. The molecule has 4 heteroatoms. The van der Waals surface area contributed by atoms with Crippen molar-refractivity contribution in [3.8, 4) is 5.75 Å². The minimum Gasteiger partial charge on any atom is -0.478 e. The Hall–Kier alpha value is -1.84. The molecule has 0 amide bonds. The maximum absolute atomic E-state index is 11.7. The fourth-order valence-corrected chi connectivity index (χ4v) is 1.49. The first-order valence-corrected chi connectivity index (χ1v) is 6.05. The number of ketones is 1. The van der Waals surface area contributed by atoms with E-state index in [1.807, 2.05) is 0 Å². The van der Waals surface area contributed by atoms with Gasteiger partial charge in [0.2, 0.25) is 0 Å². The SMILES string of the molecule is CCOC(=O)C(C)Oc1ccccc1C(=O)CC. The van der Waals surface area contributed by atoms with Gasteiger partial charge in [-0.3, -0.25) is 4.79 Å². The Labute approximate surface area is 107 Å². The lowest BCUT2D eigenvalue weighted by atomic mass is 10.1. The Kier molecular flexibility index (Phi) is 5.36. The van der Waals surface area contributed by atoms with Crippen LogP contribution in [0, 0.1) is 0 Å². The average molecular weight is 250 g/mol. The van der Waals surface area contributed by atoms with Crippen molar-refractivity contribution >= 4 is 11.8 Å². The van der Waals surface area contributed by atoms with E-state index in [1.54, 1.807) is 45.0 Å². The number of carbonyl (C=O) groups excluding carboxylic acids is 2. The Morgan fingerprint density at radius 2 is 1.89 bits per heavy atom. The van der Waals surface area contributed by atoms with Crippen molar-refractivity contribution < 1.29 is 19.1 Å². The van der Waals surface area contributed by atoms with Crippen molar-refractivity contribution in [1.82, 2.24) is 0 Å². The van der Waals surface area contributed by atoms with Gasteiger partial charge in [0.15, 0.2) is 11.9 Å². The van der Waals surface area contributed by atoms with E-state index < -0.39 is 12.1 Å². The van der Waals surface area contributed by atoms with E-state index in [2.05, 4.69) is 0 Å². The van der Waals surface area contributed by atoms with Crippen LogP contribution < -0.4 is 4.74 Å². The molecule has 0 heterocycles. The Morgan fingerprint density at radius 1 is 1.22 bits per heavy atom. The van der Waals surface area contributed by atoms with Gasteiger partial charge in [0.1, 0.15) is 5.75 Å². The van der Waals surface area contributed by atoms with Crippen LogP contribution in [-0.2, 0) is 9.53 Å². The average Bonchev–Trinajstić information content (AvgIpc) is 2.38. The highest BCUT2D eigenvalue weighted by atomic mass is 16.6. The van der Waals surface area contributed by atoms with Crippen LogP contribution >= 0.6 is 0 Å². The van der Waals surface area contributed by atoms with E-state index >= 15 is 0 Å². The number of Topliss-reactive ketones (excluding diaryl/α,β-unsaturated/α-hetero) is 1. The standard InChI is InChI=1S/C14H18O4/c1-4-12(15)11-8-6-7-9-13(11)18-10(3)14(16)17-5-2/h6-10H,4-5H2,1-3H3. The van der Waals surface area contributed by atoms with E-state index in [9.17, 15) is 9.59 Å². The molecule has 0 aliphatic rings. The topological polar surface area (TPSA) is 52.6 Å². The molecule has 4 nitrogen and oxygen atoms in total. The number of esters is 1. The van der Waals surface area contributed by atoms with Crippen molar-refractivity contribution in [3.05, 3.63) is 29.8 Å². The molecule has 0 spiro atoms. The molecule has 0 aliphatic heterocycles. The number of ether oxygens (including phenoxy) is 2. The van der Waals surface area contributed by atoms with Gasteiger partial charge in [-0.25, -0.2) is 4.79 Å². The molecule has 1 atom stereocenters. The summed E-state index contributed by atoms with van der Waals surface area (Å²) >= 11 is 0. The van der Waals surface area contributed by atoms with Gasteiger partial charge in [-0.1, -0.05) is 19.1 Å². The molecule has 0 aliphatic carbocycles. The van der Waals surface area contributed by atoms with Gasteiger partial charge >= 0.3 is 5.97 Å². The normalized spacial score (nSPS) is 11.7. The van der Waals surface area contributed by atoms with Gasteiger partial charge in [-0.15, -0.1) is 0 Å². The quantitative estimate of drug-likeness (QED) is 0.575. The molecule has 0 fully saturated rings. The summed E-state index contributed by atoms with van der Waals surface area (Å²) < 4.78 is 10.3. The lowest BCUT2D eigenvalue weighted by Gasteiger charge is -2.15. The third-order valence-electron chi connectivity index (χ3n) is 2.43. The molecule has 18 heavy (non-hydrogen) atoms. The molecule has 0 bridgehead atoms. The first kappa shape index (κ1) is 14.2. The van der Waals surface area contributed by atoms with Gasteiger partial charge in [0, 0.05) is 6.42 Å². The molecule has 0 saturated heterocycles. The van der Waals surface area contributed by atoms with Crippen molar-refractivity contribution in [2.24, 2.45) is 0 Å². The zero-order valence-corrected chi connectivity index (χ0v) is 10.9. The molecule has 98 valence electrons. The van der Waals surface area contributed by atoms with E-state index in [0.717, 1.165) is 0 Å². The molecular weight excluding hydrogens is 232 g/mol. The Bertz CT molecular complexity index is 426. The smallest absolute Gasteiger partial charge is 0.347 e. The predicted molar refractivity (Wildman–Crippen MR) is 67.8 cm³/mol. The summed E-state index contributed by atoms with van der Waals surface area (Å²) in [6, 6.07) is 6.90. The lowest BCUT2D eigenvalue weighted by Crippen LogP contribution is -2.26. The number of para-hydroxylation sites is 1. The molecule has 0 aromatic heterocycles. The Morgan fingerprint density at radius 3 is 2.50 bits per heavy atom. The third kappa shape index (κ3) is 3.58. The first-order chi connectivity index (χ1) is 8.60. The number of rotatable bonds is 6. The van der Waals surface area contributed by atoms with Gasteiger partial charge in [-0.2, -0.15) is 0 Å². The molecule has 1 aromatic rings. The highest BCUT2D eigenvalue weighted by Gasteiger charge is 2.18. The second-order valence-corrected chi connectivity index (χ2v) is 3.79. The summed E-state index contributed by atoms with van der Waals surface area (Å²) in [5.41, 5.74) is 0.496. The maximum Gasteiger partial charge on any atom is 0.347 e.